The maximum absolute atomic E-state index is 13.8. The maximum atomic E-state index is 13.8. The molecule has 1 atom stereocenters. The smallest absolute Gasteiger partial charge is 0.385 e. The quantitative estimate of drug-likeness (QED) is 0.102. The van der Waals surface area contributed by atoms with Crippen LogP contribution in [-0.4, -0.2) is 68.2 Å². The molecule has 0 bridgehead atoms. The third-order valence-electron chi connectivity index (χ3n) is 8.88. The summed E-state index contributed by atoms with van der Waals surface area (Å²) in [6, 6.07) is 9.58. The SMILES string of the molecule is O=C1CCC(N2C(=O)c3ccc(NCCCCCCCCCCNC(=O)c4cc5nc(-c6cccs6)cc(C(F)(F)F)n5n4)cc3C2=O)C(=O)N1. The van der Waals surface area contributed by atoms with E-state index < -0.39 is 47.4 Å². The molecule has 16 heteroatoms. The Labute approximate surface area is 294 Å². The Morgan fingerprint density at radius 1 is 0.902 bits per heavy atom. The summed E-state index contributed by atoms with van der Waals surface area (Å²) in [5.74, 6) is -2.67. The van der Waals surface area contributed by atoms with Crippen LogP contribution in [-0.2, 0) is 15.8 Å². The fourth-order valence-electron chi connectivity index (χ4n) is 6.25. The molecule has 0 spiro atoms. The highest BCUT2D eigenvalue weighted by Gasteiger charge is 2.44. The van der Waals surface area contributed by atoms with Crippen LogP contribution in [0.15, 0.2) is 47.8 Å². The molecule has 0 saturated carbocycles. The van der Waals surface area contributed by atoms with Crippen LogP contribution in [0.4, 0.5) is 18.9 Å². The Morgan fingerprint density at radius 2 is 1.61 bits per heavy atom. The van der Waals surface area contributed by atoms with E-state index in [1.807, 2.05) is 0 Å². The number of carbonyl (C=O) groups excluding carboxylic acids is 5. The van der Waals surface area contributed by atoms with Gasteiger partial charge in [-0.1, -0.05) is 44.6 Å². The summed E-state index contributed by atoms with van der Waals surface area (Å²) in [5.41, 5.74) is 0.194. The van der Waals surface area contributed by atoms with E-state index in [9.17, 15) is 37.1 Å². The lowest BCUT2D eigenvalue weighted by molar-refractivity contribution is -0.142. The van der Waals surface area contributed by atoms with Crippen molar-refractivity contribution in [2.75, 3.05) is 18.4 Å². The van der Waals surface area contributed by atoms with E-state index in [4.69, 9.17) is 0 Å². The molecule has 2 aliphatic rings. The van der Waals surface area contributed by atoms with E-state index in [2.05, 4.69) is 26.0 Å². The molecule has 3 N–H and O–H groups in total. The highest BCUT2D eigenvalue weighted by Crippen LogP contribution is 2.34. The number of nitrogens with zero attached hydrogens (tertiary/aromatic N) is 4. The van der Waals surface area contributed by atoms with E-state index in [1.165, 1.54) is 17.4 Å². The van der Waals surface area contributed by atoms with Crippen molar-refractivity contribution in [2.24, 2.45) is 0 Å². The standard InChI is InChI=1S/C35H36F3N7O5S/c36-35(37,38)28-19-24(27-10-9-17-51-27)41-29-20-25(43-45(28)29)31(47)40-16-8-6-4-2-1-3-5-7-15-39-21-11-12-22-23(18-21)34(50)44(33(22)49)26-13-14-30(46)42-32(26)48/h9-12,17-20,26,39H,1-8,13-16H2,(H,40,47)(H,42,46,48). The number of unbranched alkanes of at least 4 members (excludes halogenated alkanes) is 7. The molecule has 6 rings (SSSR count). The number of anilines is 1. The van der Waals surface area contributed by atoms with Crippen molar-refractivity contribution in [2.45, 2.75) is 76.4 Å². The monoisotopic (exact) mass is 723 g/mol. The normalized spacial score (nSPS) is 16.1. The third-order valence-corrected chi connectivity index (χ3v) is 9.77. The molecule has 0 aliphatic carbocycles. The molecule has 51 heavy (non-hydrogen) atoms. The van der Waals surface area contributed by atoms with Gasteiger partial charge in [-0.2, -0.15) is 18.3 Å². The van der Waals surface area contributed by atoms with Gasteiger partial charge in [0.1, 0.15) is 6.04 Å². The number of thiophene rings is 1. The molecule has 5 heterocycles. The summed E-state index contributed by atoms with van der Waals surface area (Å²) in [4.78, 5) is 68.1. The van der Waals surface area contributed by atoms with Crippen molar-refractivity contribution < 1.29 is 37.1 Å². The zero-order chi connectivity index (χ0) is 36.1. The predicted octanol–water partition coefficient (Wildman–Crippen LogP) is 5.84. The fourth-order valence-corrected chi connectivity index (χ4v) is 6.94. The second-order valence-electron chi connectivity index (χ2n) is 12.5. The number of halogens is 3. The van der Waals surface area contributed by atoms with E-state index in [-0.39, 0.29) is 41.0 Å². The molecule has 1 saturated heterocycles. The lowest BCUT2D eigenvalue weighted by Gasteiger charge is -2.27. The first-order valence-corrected chi connectivity index (χ1v) is 17.8. The van der Waals surface area contributed by atoms with Crippen LogP contribution >= 0.6 is 11.3 Å². The molecule has 3 aromatic heterocycles. The van der Waals surface area contributed by atoms with Crippen molar-refractivity contribution in [1.29, 1.82) is 0 Å². The van der Waals surface area contributed by atoms with Gasteiger partial charge in [-0.25, -0.2) is 9.50 Å². The first-order chi connectivity index (χ1) is 24.5. The second kappa shape index (κ2) is 15.4. The van der Waals surface area contributed by atoms with Crippen molar-refractivity contribution in [3.05, 3.63) is 70.4 Å². The number of piperidine rings is 1. The Morgan fingerprint density at radius 3 is 2.29 bits per heavy atom. The molecular formula is C35H36F3N7O5S. The number of alkyl halides is 3. The average molecular weight is 724 g/mol. The highest BCUT2D eigenvalue weighted by atomic mass is 32.1. The maximum Gasteiger partial charge on any atom is 0.433 e. The van der Waals surface area contributed by atoms with Gasteiger partial charge in [-0.3, -0.25) is 34.2 Å². The van der Waals surface area contributed by atoms with E-state index in [0.29, 0.717) is 28.2 Å². The van der Waals surface area contributed by atoms with Gasteiger partial charge in [0.05, 0.1) is 21.7 Å². The average Bonchev–Trinajstić information content (AvgIpc) is 3.84. The molecular weight excluding hydrogens is 687 g/mol. The van der Waals surface area contributed by atoms with Crippen LogP contribution in [0.25, 0.3) is 16.2 Å². The molecule has 5 amide bonds. The van der Waals surface area contributed by atoms with Crippen LogP contribution in [0.1, 0.15) is 101 Å². The summed E-state index contributed by atoms with van der Waals surface area (Å²) < 4.78 is 42.0. The van der Waals surface area contributed by atoms with Crippen molar-refractivity contribution in [3.63, 3.8) is 0 Å². The Balaban J connectivity index is 0.852. The number of aromatic nitrogens is 3. The summed E-state index contributed by atoms with van der Waals surface area (Å²) in [6.45, 7) is 1.07. The van der Waals surface area contributed by atoms with E-state index in [0.717, 1.165) is 62.3 Å². The number of amides is 5. The van der Waals surface area contributed by atoms with Crippen LogP contribution in [0, 0.1) is 0 Å². The summed E-state index contributed by atoms with van der Waals surface area (Å²) in [5, 5.41) is 13.9. The summed E-state index contributed by atoms with van der Waals surface area (Å²) in [6.07, 6.45) is 3.19. The van der Waals surface area contributed by atoms with Crippen molar-refractivity contribution >= 4 is 52.2 Å². The Bertz CT molecular complexity index is 1960. The van der Waals surface area contributed by atoms with Crippen molar-refractivity contribution in [1.82, 2.24) is 30.1 Å². The van der Waals surface area contributed by atoms with Gasteiger partial charge in [0.25, 0.3) is 17.7 Å². The molecule has 1 fully saturated rings. The predicted molar refractivity (Wildman–Crippen MR) is 182 cm³/mol. The first-order valence-electron chi connectivity index (χ1n) is 16.9. The zero-order valence-electron chi connectivity index (χ0n) is 27.6. The topological polar surface area (TPSA) is 155 Å². The second-order valence-corrected chi connectivity index (χ2v) is 13.5. The van der Waals surface area contributed by atoms with Crippen LogP contribution in [0.5, 0.6) is 0 Å². The number of carbonyl (C=O) groups is 5. The fraction of sp³-hybridized carbons (Fsp3) is 0.400. The largest absolute Gasteiger partial charge is 0.433 e. The number of nitrogens with one attached hydrogen (secondary N) is 3. The number of hydrogen-bond acceptors (Lipinski definition) is 9. The van der Waals surface area contributed by atoms with Gasteiger partial charge >= 0.3 is 6.18 Å². The molecule has 4 aromatic rings. The van der Waals surface area contributed by atoms with Crippen LogP contribution in [0.3, 0.4) is 0 Å². The van der Waals surface area contributed by atoms with Gasteiger partial charge in [0.15, 0.2) is 17.0 Å². The Hall–Kier alpha value is -5.12. The zero-order valence-corrected chi connectivity index (χ0v) is 28.4. The minimum Gasteiger partial charge on any atom is -0.385 e. The molecule has 12 nitrogen and oxygen atoms in total. The lowest BCUT2D eigenvalue weighted by atomic mass is 10.0. The minimum absolute atomic E-state index is 0.0494. The van der Waals surface area contributed by atoms with Gasteiger partial charge in [-0.05, 0) is 55.0 Å². The van der Waals surface area contributed by atoms with Gasteiger partial charge in [-0.15, -0.1) is 11.3 Å². The van der Waals surface area contributed by atoms with Gasteiger partial charge in [0.2, 0.25) is 11.8 Å². The molecule has 268 valence electrons. The Kier molecular flexibility index (Phi) is 10.8. The molecule has 1 aromatic carbocycles. The van der Waals surface area contributed by atoms with E-state index >= 15 is 0 Å². The highest BCUT2D eigenvalue weighted by molar-refractivity contribution is 7.13. The number of imide groups is 2. The number of rotatable bonds is 15. The van der Waals surface area contributed by atoms with Crippen LogP contribution in [0.2, 0.25) is 0 Å². The number of benzene rings is 1. The third kappa shape index (κ3) is 8.11. The van der Waals surface area contributed by atoms with E-state index in [1.54, 1.807) is 35.7 Å². The lowest BCUT2D eigenvalue weighted by Crippen LogP contribution is -2.54. The van der Waals surface area contributed by atoms with Crippen LogP contribution < -0.4 is 16.0 Å². The summed E-state index contributed by atoms with van der Waals surface area (Å²) in [7, 11) is 0. The summed E-state index contributed by atoms with van der Waals surface area (Å²) >= 11 is 1.27. The first kappa shape index (κ1) is 35.7. The molecule has 0 radical (unpaired) electrons. The minimum atomic E-state index is -4.68. The molecule has 1 unspecified atom stereocenters. The number of hydrogen-bond donors (Lipinski definition) is 3. The number of fused-ring (bicyclic) bond motifs is 2. The van der Waals surface area contributed by atoms with Gasteiger partial charge < -0.3 is 10.6 Å². The molecule has 2 aliphatic heterocycles. The van der Waals surface area contributed by atoms with Gasteiger partial charge in [0, 0.05) is 31.3 Å². The van der Waals surface area contributed by atoms with Crippen molar-refractivity contribution in [3.8, 4) is 10.6 Å².